The van der Waals surface area contributed by atoms with Gasteiger partial charge in [0.2, 0.25) is 5.91 Å². The van der Waals surface area contributed by atoms with Crippen LogP contribution in [0, 0.1) is 5.92 Å². The number of nitrogens with zero attached hydrogens (tertiary/aromatic N) is 2. The lowest BCUT2D eigenvalue weighted by Gasteiger charge is -2.30. The molecular weight excluding hydrogens is 430 g/mol. The van der Waals surface area contributed by atoms with Gasteiger partial charge in [-0.25, -0.2) is 9.79 Å². The SMILES string of the molecule is CC1=NC(=O)NC(c2cccc(OCc3ccccc3)c2)C1C(=O)Nc1ccc2[nH]ncc2c1. The molecule has 1 aliphatic rings. The molecule has 3 aromatic carbocycles. The summed E-state index contributed by atoms with van der Waals surface area (Å²) in [5.41, 5.74) is 3.78. The lowest BCUT2D eigenvalue weighted by atomic mass is 9.87. The fraction of sp³-hybridized carbons (Fsp3) is 0.154. The Morgan fingerprint density at radius 3 is 2.76 bits per heavy atom. The molecule has 0 radical (unpaired) electrons. The Morgan fingerprint density at radius 1 is 1.06 bits per heavy atom. The van der Waals surface area contributed by atoms with Crippen LogP contribution in [-0.4, -0.2) is 27.8 Å². The molecule has 8 nitrogen and oxygen atoms in total. The number of aromatic amines is 1. The molecule has 0 saturated carbocycles. The zero-order valence-electron chi connectivity index (χ0n) is 18.5. The van der Waals surface area contributed by atoms with Crippen LogP contribution in [0.1, 0.15) is 24.1 Å². The van der Waals surface area contributed by atoms with Crippen LogP contribution >= 0.6 is 0 Å². The Kier molecular flexibility index (Phi) is 5.78. The number of carbonyl (C=O) groups is 2. The van der Waals surface area contributed by atoms with Crippen molar-refractivity contribution < 1.29 is 14.3 Å². The molecule has 5 rings (SSSR count). The highest BCUT2D eigenvalue weighted by atomic mass is 16.5. The van der Waals surface area contributed by atoms with Crippen molar-refractivity contribution >= 4 is 34.2 Å². The minimum atomic E-state index is -0.679. The number of amides is 3. The van der Waals surface area contributed by atoms with E-state index in [0.29, 0.717) is 23.8 Å². The van der Waals surface area contributed by atoms with Crippen molar-refractivity contribution in [2.45, 2.75) is 19.6 Å². The lowest BCUT2D eigenvalue weighted by molar-refractivity contribution is -0.118. The molecule has 3 N–H and O–H groups in total. The number of anilines is 1. The van der Waals surface area contributed by atoms with Gasteiger partial charge >= 0.3 is 6.03 Å². The third-order valence-electron chi connectivity index (χ3n) is 5.80. The minimum absolute atomic E-state index is 0.260. The number of ether oxygens (including phenoxy) is 1. The smallest absolute Gasteiger partial charge is 0.341 e. The van der Waals surface area contributed by atoms with Gasteiger partial charge < -0.3 is 15.4 Å². The van der Waals surface area contributed by atoms with Crippen molar-refractivity contribution in [1.82, 2.24) is 15.5 Å². The zero-order chi connectivity index (χ0) is 23.5. The summed E-state index contributed by atoms with van der Waals surface area (Å²) in [7, 11) is 0. The Labute approximate surface area is 196 Å². The number of fused-ring (bicyclic) bond motifs is 1. The summed E-state index contributed by atoms with van der Waals surface area (Å²) in [5, 5.41) is 13.6. The van der Waals surface area contributed by atoms with Crippen LogP contribution in [0.3, 0.4) is 0 Å². The van der Waals surface area contributed by atoms with Crippen LogP contribution in [0.25, 0.3) is 10.9 Å². The molecule has 0 spiro atoms. The highest BCUT2D eigenvalue weighted by molar-refractivity contribution is 6.13. The van der Waals surface area contributed by atoms with Crippen LogP contribution in [0.5, 0.6) is 5.75 Å². The standard InChI is InChI=1S/C26H23N5O3/c1-16-23(25(32)29-20-10-11-22-19(12-20)14-27-31-22)24(30-26(33)28-16)18-8-5-9-21(13-18)34-15-17-6-3-2-4-7-17/h2-14,23-24H,15H2,1H3,(H,27,31)(H,29,32)(H,30,33). The first-order valence-electron chi connectivity index (χ1n) is 10.9. The molecule has 1 aromatic heterocycles. The number of carbonyl (C=O) groups excluding carboxylic acids is 2. The maximum absolute atomic E-state index is 13.3. The van der Waals surface area contributed by atoms with Gasteiger partial charge in [-0.05, 0) is 48.4 Å². The fourth-order valence-corrected chi connectivity index (χ4v) is 4.12. The van der Waals surface area contributed by atoms with Gasteiger partial charge in [-0.15, -0.1) is 0 Å². The van der Waals surface area contributed by atoms with E-state index < -0.39 is 18.0 Å². The summed E-state index contributed by atoms with van der Waals surface area (Å²) in [5.74, 6) is -0.285. The summed E-state index contributed by atoms with van der Waals surface area (Å²) in [6.07, 6.45) is 1.70. The molecule has 2 atom stereocenters. The van der Waals surface area contributed by atoms with E-state index >= 15 is 0 Å². The molecule has 8 heteroatoms. The highest BCUT2D eigenvalue weighted by Crippen LogP contribution is 2.31. The van der Waals surface area contributed by atoms with Crippen molar-refractivity contribution in [3.05, 3.63) is 90.1 Å². The van der Waals surface area contributed by atoms with Crippen molar-refractivity contribution in [2.75, 3.05) is 5.32 Å². The second-order valence-corrected chi connectivity index (χ2v) is 8.17. The second-order valence-electron chi connectivity index (χ2n) is 8.17. The summed E-state index contributed by atoms with van der Waals surface area (Å²) in [6.45, 7) is 2.12. The number of nitrogens with one attached hydrogen (secondary N) is 3. The van der Waals surface area contributed by atoms with Gasteiger partial charge in [-0.3, -0.25) is 9.89 Å². The molecule has 2 heterocycles. The minimum Gasteiger partial charge on any atom is -0.489 e. The lowest BCUT2D eigenvalue weighted by Crippen LogP contribution is -2.45. The average Bonchev–Trinajstić information content (AvgIpc) is 3.31. The Bertz CT molecular complexity index is 1380. The van der Waals surface area contributed by atoms with Gasteiger partial charge in [-0.1, -0.05) is 42.5 Å². The Balaban J connectivity index is 1.38. The molecule has 2 unspecified atom stereocenters. The van der Waals surface area contributed by atoms with Crippen LogP contribution in [0.4, 0.5) is 10.5 Å². The fourth-order valence-electron chi connectivity index (χ4n) is 4.12. The van der Waals surface area contributed by atoms with Crippen LogP contribution in [0.15, 0.2) is 84.0 Å². The third-order valence-corrected chi connectivity index (χ3v) is 5.80. The zero-order valence-corrected chi connectivity index (χ0v) is 18.5. The van der Waals surface area contributed by atoms with E-state index in [0.717, 1.165) is 22.0 Å². The molecule has 0 saturated heterocycles. The number of benzene rings is 3. The number of aliphatic imine (C=N–C) groups is 1. The van der Waals surface area contributed by atoms with Gasteiger partial charge in [0, 0.05) is 16.8 Å². The van der Waals surface area contributed by atoms with E-state index in [9.17, 15) is 9.59 Å². The van der Waals surface area contributed by atoms with Gasteiger partial charge in [0.15, 0.2) is 0 Å². The number of rotatable bonds is 6. The topological polar surface area (TPSA) is 108 Å². The molecule has 34 heavy (non-hydrogen) atoms. The molecule has 0 bridgehead atoms. The first kappa shape index (κ1) is 21.4. The maximum atomic E-state index is 13.3. The van der Waals surface area contributed by atoms with Gasteiger partial charge in [0.1, 0.15) is 18.3 Å². The van der Waals surface area contributed by atoms with Crippen LogP contribution < -0.4 is 15.4 Å². The molecule has 170 valence electrons. The molecule has 0 fully saturated rings. The molecule has 0 aliphatic carbocycles. The van der Waals surface area contributed by atoms with Crippen molar-refractivity contribution in [3.63, 3.8) is 0 Å². The predicted octanol–water partition coefficient (Wildman–Crippen LogP) is 4.62. The Hall–Kier alpha value is -4.46. The molecular formula is C26H23N5O3. The summed E-state index contributed by atoms with van der Waals surface area (Å²) in [4.78, 5) is 29.6. The molecule has 3 amide bonds. The van der Waals surface area contributed by atoms with E-state index in [1.807, 2.05) is 66.7 Å². The van der Waals surface area contributed by atoms with Crippen molar-refractivity contribution in [2.24, 2.45) is 10.9 Å². The van der Waals surface area contributed by atoms with E-state index in [4.69, 9.17) is 4.74 Å². The summed E-state index contributed by atoms with van der Waals surface area (Å²) < 4.78 is 5.95. The number of aromatic nitrogens is 2. The monoisotopic (exact) mass is 453 g/mol. The Morgan fingerprint density at radius 2 is 1.91 bits per heavy atom. The van der Waals surface area contributed by atoms with Crippen LogP contribution in [-0.2, 0) is 11.4 Å². The molecule has 4 aromatic rings. The van der Waals surface area contributed by atoms with Crippen LogP contribution in [0.2, 0.25) is 0 Å². The number of H-pyrrole nitrogens is 1. The van der Waals surface area contributed by atoms with Crippen molar-refractivity contribution in [3.8, 4) is 5.75 Å². The first-order chi connectivity index (χ1) is 16.6. The predicted molar refractivity (Wildman–Crippen MR) is 130 cm³/mol. The summed E-state index contributed by atoms with van der Waals surface area (Å²) >= 11 is 0. The van der Waals surface area contributed by atoms with Gasteiger partial charge in [-0.2, -0.15) is 5.10 Å². The number of hydrogen-bond acceptors (Lipinski definition) is 4. The van der Waals surface area contributed by atoms with E-state index in [1.165, 1.54) is 0 Å². The largest absolute Gasteiger partial charge is 0.489 e. The average molecular weight is 454 g/mol. The van der Waals surface area contributed by atoms with E-state index in [-0.39, 0.29) is 5.91 Å². The van der Waals surface area contributed by atoms with E-state index in [1.54, 1.807) is 19.2 Å². The molecule has 1 aliphatic heterocycles. The third kappa shape index (κ3) is 4.52. The first-order valence-corrected chi connectivity index (χ1v) is 10.9. The highest BCUT2D eigenvalue weighted by Gasteiger charge is 2.37. The second kappa shape index (κ2) is 9.19. The van der Waals surface area contributed by atoms with Gasteiger partial charge in [0.25, 0.3) is 0 Å². The number of urea groups is 1. The van der Waals surface area contributed by atoms with E-state index in [2.05, 4.69) is 25.8 Å². The summed E-state index contributed by atoms with van der Waals surface area (Å²) in [6, 6.07) is 21.7. The van der Waals surface area contributed by atoms with Gasteiger partial charge in [0.05, 0.1) is 17.8 Å². The maximum Gasteiger partial charge on any atom is 0.341 e. The number of hydrogen-bond donors (Lipinski definition) is 3. The normalized spacial score (nSPS) is 17.7. The van der Waals surface area contributed by atoms with Crippen molar-refractivity contribution in [1.29, 1.82) is 0 Å². The quantitative estimate of drug-likeness (QED) is 0.396.